The van der Waals surface area contributed by atoms with E-state index in [1.807, 2.05) is 38.7 Å². The third-order valence-corrected chi connectivity index (χ3v) is 4.68. The van der Waals surface area contributed by atoms with Crippen LogP contribution in [-0.4, -0.2) is 74.3 Å². The Morgan fingerprint density at radius 1 is 1.35 bits per heavy atom. The molecule has 0 bridgehead atoms. The van der Waals surface area contributed by atoms with E-state index < -0.39 is 0 Å². The van der Waals surface area contributed by atoms with Crippen molar-refractivity contribution in [1.29, 1.82) is 0 Å². The van der Waals surface area contributed by atoms with Gasteiger partial charge in [-0.15, -0.1) is 5.10 Å². The van der Waals surface area contributed by atoms with Crippen molar-refractivity contribution >= 4 is 11.6 Å². The summed E-state index contributed by atoms with van der Waals surface area (Å²) in [6.45, 7) is 6.87. The highest BCUT2D eigenvalue weighted by molar-refractivity contribution is 5.50. The summed E-state index contributed by atoms with van der Waals surface area (Å²) in [5.74, 6) is 1.59. The normalized spacial score (nSPS) is 20.2. The lowest BCUT2D eigenvalue weighted by Gasteiger charge is -2.27. The van der Waals surface area contributed by atoms with E-state index in [9.17, 15) is 5.11 Å². The Balaban J connectivity index is 1.72. The summed E-state index contributed by atoms with van der Waals surface area (Å²) in [7, 11) is 4.09. The average molecular weight is 360 g/mol. The highest BCUT2D eigenvalue weighted by Crippen LogP contribution is 2.25. The number of aromatic nitrogens is 5. The zero-order chi connectivity index (χ0) is 18.7. The van der Waals surface area contributed by atoms with Crippen LogP contribution in [0.15, 0.2) is 12.4 Å². The number of likely N-dealkylation sites (N-methyl/N-ethyl adjacent to an activating group) is 1. The second-order valence-corrected chi connectivity index (χ2v) is 7.01. The SMILES string of the molecule is CCn1nnc(C)c1CNc1cc(N2C[C@H](O)C[C@@H]2CN(C)C)ncn1. The molecule has 1 aliphatic heterocycles. The van der Waals surface area contributed by atoms with Gasteiger partial charge in [0.05, 0.1) is 24.0 Å². The molecule has 26 heavy (non-hydrogen) atoms. The van der Waals surface area contributed by atoms with Gasteiger partial charge in [0.2, 0.25) is 0 Å². The third-order valence-electron chi connectivity index (χ3n) is 4.68. The van der Waals surface area contributed by atoms with Crippen LogP contribution < -0.4 is 10.2 Å². The van der Waals surface area contributed by atoms with Crippen molar-refractivity contribution in [2.24, 2.45) is 0 Å². The van der Waals surface area contributed by atoms with Crippen LogP contribution in [0.3, 0.4) is 0 Å². The molecule has 1 aliphatic rings. The van der Waals surface area contributed by atoms with Crippen molar-refractivity contribution < 1.29 is 5.11 Å². The number of aliphatic hydroxyl groups excluding tert-OH is 1. The van der Waals surface area contributed by atoms with Crippen LogP contribution in [0.2, 0.25) is 0 Å². The fourth-order valence-electron chi connectivity index (χ4n) is 3.44. The van der Waals surface area contributed by atoms with Crippen molar-refractivity contribution in [3.63, 3.8) is 0 Å². The Labute approximate surface area is 154 Å². The smallest absolute Gasteiger partial charge is 0.134 e. The number of rotatable bonds is 7. The Kier molecular flexibility index (Phi) is 5.67. The minimum Gasteiger partial charge on any atom is -0.391 e. The van der Waals surface area contributed by atoms with Crippen molar-refractivity contribution in [3.05, 3.63) is 23.8 Å². The van der Waals surface area contributed by atoms with Gasteiger partial charge in [0.15, 0.2) is 0 Å². The van der Waals surface area contributed by atoms with Gasteiger partial charge >= 0.3 is 0 Å². The lowest BCUT2D eigenvalue weighted by molar-refractivity contribution is 0.191. The topological polar surface area (TPSA) is 95.2 Å². The number of nitrogens with zero attached hydrogens (tertiary/aromatic N) is 7. The second kappa shape index (κ2) is 7.96. The first-order chi connectivity index (χ1) is 12.5. The monoisotopic (exact) mass is 360 g/mol. The van der Waals surface area contributed by atoms with Gasteiger partial charge in [-0.05, 0) is 34.4 Å². The van der Waals surface area contributed by atoms with E-state index in [0.717, 1.165) is 42.5 Å². The number of aryl methyl sites for hydroxylation is 2. The lowest BCUT2D eigenvalue weighted by atomic mass is 10.2. The molecule has 9 nitrogen and oxygen atoms in total. The van der Waals surface area contributed by atoms with Gasteiger partial charge in [0, 0.05) is 31.7 Å². The first-order valence-corrected chi connectivity index (χ1v) is 9.02. The van der Waals surface area contributed by atoms with Crippen molar-refractivity contribution in [2.45, 2.75) is 45.5 Å². The summed E-state index contributed by atoms with van der Waals surface area (Å²) in [5, 5.41) is 21.7. The Hall–Kier alpha value is -2.26. The number of β-amino-alcohol motifs (C(OH)–C–C–N with tert-alkyl or cyclic N) is 1. The molecule has 3 rings (SSSR count). The fraction of sp³-hybridized carbons (Fsp3) is 0.647. The van der Waals surface area contributed by atoms with E-state index in [2.05, 4.69) is 35.4 Å². The molecule has 9 heteroatoms. The van der Waals surface area contributed by atoms with Gasteiger partial charge in [0.1, 0.15) is 18.0 Å². The summed E-state index contributed by atoms with van der Waals surface area (Å²) in [5.41, 5.74) is 1.97. The molecule has 0 aromatic carbocycles. The van der Waals surface area contributed by atoms with Crippen LogP contribution >= 0.6 is 0 Å². The number of hydrogen-bond acceptors (Lipinski definition) is 8. The summed E-state index contributed by atoms with van der Waals surface area (Å²) in [6, 6.07) is 2.19. The Morgan fingerprint density at radius 3 is 2.88 bits per heavy atom. The number of aliphatic hydroxyl groups is 1. The maximum atomic E-state index is 10.1. The van der Waals surface area contributed by atoms with Gasteiger partial charge in [-0.1, -0.05) is 5.21 Å². The Morgan fingerprint density at radius 2 is 2.15 bits per heavy atom. The molecule has 2 aromatic rings. The molecule has 142 valence electrons. The van der Waals surface area contributed by atoms with E-state index in [0.29, 0.717) is 13.1 Å². The molecule has 0 unspecified atom stereocenters. The predicted molar refractivity (Wildman–Crippen MR) is 100 cm³/mol. The molecule has 2 N–H and O–H groups in total. The van der Waals surface area contributed by atoms with E-state index in [1.165, 1.54) is 0 Å². The largest absolute Gasteiger partial charge is 0.391 e. The first kappa shape index (κ1) is 18.5. The third kappa shape index (κ3) is 4.10. The molecule has 3 heterocycles. The summed E-state index contributed by atoms with van der Waals surface area (Å²) >= 11 is 0. The zero-order valence-electron chi connectivity index (χ0n) is 15.9. The van der Waals surface area contributed by atoms with Gasteiger partial charge in [-0.25, -0.2) is 14.6 Å². The number of hydrogen-bond donors (Lipinski definition) is 2. The average Bonchev–Trinajstić information content (AvgIpc) is 3.15. The van der Waals surface area contributed by atoms with Crippen molar-refractivity contribution in [3.8, 4) is 0 Å². The van der Waals surface area contributed by atoms with Crippen LogP contribution in [0.4, 0.5) is 11.6 Å². The van der Waals surface area contributed by atoms with Crippen LogP contribution in [-0.2, 0) is 13.1 Å². The molecule has 0 spiro atoms. The van der Waals surface area contributed by atoms with Gasteiger partial charge in [-0.2, -0.15) is 0 Å². The highest BCUT2D eigenvalue weighted by Gasteiger charge is 2.32. The Bertz CT molecular complexity index is 731. The zero-order valence-corrected chi connectivity index (χ0v) is 15.9. The molecule has 0 amide bonds. The molecular formula is C17H28N8O. The van der Waals surface area contributed by atoms with E-state index >= 15 is 0 Å². The molecule has 0 aliphatic carbocycles. The second-order valence-electron chi connectivity index (χ2n) is 7.01. The maximum absolute atomic E-state index is 10.1. The molecule has 2 atom stereocenters. The van der Waals surface area contributed by atoms with E-state index in [4.69, 9.17) is 0 Å². The standard InChI is InChI=1S/C17H28N8O/c1-5-25-15(12(2)21-22-25)8-18-16-7-17(20-11-19-16)24-10-14(26)6-13(24)9-23(3)4/h7,11,13-14,26H,5-6,8-10H2,1-4H3,(H,18,19,20)/t13-,14-/m1/s1. The van der Waals surface area contributed by atoms with Crippen LogP contribution in [0.5, 0.6) is 0 Å². The lowest BCUT2D eigenvalue weighted by Crippen LogP contribution is -2.38. The molecule has 1 saturated heterocycles. The van der Waals surface area contributed by atoms with E-state index in [1.54, 1.807) is 6.33 Å². The molecule has 0 radical (unpaired) electrons. The van der Waals surface area contributed by atoms with Gasteiger partial charge in [-0.3, -0.25) is 0 Å². The fourth-order valence-corrected chi connectivity index (χ4v) is 3.44. The predicted octanol–water partition coefficient (Wildman–Crippen LogP) is 0.510. The van der Waals surface area contributed by atoms with Crippen LogP contribution in [0.1, 0.15) is 24.7 Å². The molecule has 2 aromatic heterocycles. The minimum atomic E-state index is -0.320. The number of nitrogens with one attached hydrogen (secondary N) is 1. The quantitative estimate of drug-likeness (QED) is 0.737. The summed E-state index contributed by atoms with van der Waals surface area (Å²) < 4.78 is 1.88. The molecular weight excluding hydrogens is 332 g/mol. The van der Waals surface area contributed by atoms with Gasteiger partial charge in [0.25, 0.3) is 0 Å². The van der Waals surface area contributed by atoms with Crippen molar-refractivity contribution in [1.82, 2.24) is 29.9 Å². The summed E-state index contributed by atoms with van der Waals surface area (Å²) in [6.07, 6.45) is 2.00. The molecule has 1 fully saturated rings. The van der Waals surface area contributed by atoms with Crippen LogP contribution in [0.25, 0.3) is 0 Å². The van der Waals surface area contributed by atoms with E-state index in [-0.39, 0.29) is 12.1 Å². The van der Waals surface area contributed by atoms with Crippen LogP contribution in [0, 0.1) is 6.92 Å². The maximum Gasteiger partial charge on any atom is 0.134 e. The van der Waals surface area contributed by atoms with Gasteiger partial charge < -0.3 is 20.2 Å². The molecule has 0 saturated carbocycles. The number of anilines is 2. The first-order valence-electron chi connectivity index (χ1n) is 9.02. The van der Waals surface area contributed by atoms with Crippen molar-refractivity contribution in [2.75, 3.05) is 37.4 Å². The highest BCUT2D eigenvalue weighted by atomic mass is 16.3. The summed E-state index contributed by atoms with van der Waals surface area (Å²) in [4.78, 5) is 13.1. The minimum absolute atomic E-state index is 0.246.